The van der Waals surface area contributed by atoms with E-state index in [1.807, 2.05) is 11.8 Å². The van der Waals surface area contributed by atoms with E-state index in [-0.39, 0.29) is 0 Å². The number of hydrogen-bond donors (Lipinski definition) is 0. The second kappa shape index (κ2) is 16.1. The van der Waals surface area contributed by atoms with Crippen molar-refractivity contribution in [2.24, 2.45) is 0 Å². The molecule has 0 radical (unpaired) electrons. The SMILES string of the molecule is c1ccc2c(c1)Oc1ccccc1C21c2ccccc2-c2c(N(c3ccc(-c4ccc5c6ccccc6c6ccccc6c5c4)cc3)c3cccc4c3-c3ccccc3C43c4ccccc4Sc4ccccc43)cccc21. The Bertz CT molecular complexity index is 4340. The smallest absolute Gasteiger partial charge is 0.132 e. The van der Waals surface area contributed by atoms with Crippen molar-refractivity contribution in [2.75, 3.05) is 4.90 Å². The van der Waals surface area contributed by atoms with Crippen LogP contribution in [0.25, 0.3) is 65.7 Å². The van der Waals surface area contributed by atoms with Gasteiger partial charge in [0.25, 0.3) is 0 Å². The number of rotatable bonds is 4. The molecule has 2 nitrogen and oxygen atoms in total. The van der Waals surface area contributed by atoms with Crippen LogP contribution in [0.3, 0.4) is 0 Å². The fraction of sp³-hybridized carbons (Fsp3) is 0.0270. The first-order valence-electron chi connectivity index (χ1n) is 26.7. The highest BCUT2D eigenvalue weighted by molar-refractivity contribution is 7.99. The molecule has 4 aliphatic rings. The molecule has 358 valence electrons. The van der Waals surface area contributed by atoms with Gasteiger partial charge >= 0.3 is 0 Å². The maximum atomic E-state index is 6.80. The molecule has 77 heavy (non-hydrogen) atoms. The first-order valence-corrected chi connectivity index (χ1v) is 27.5. The zero-order valence-electron chi connectivity index (χ0n) is 41.7. The minimum absolute atomic E-state index is 0.535. The number of anilines is 3. The fourth-order valence-corrected chi connectivity index (χ4v) is 15.6. The lowest BCUT2D eigenvalue weighted by molar-refractivity contribution is 0.436. The van der Waals surface area contributed by atoms with Crippen LogP contribution in [-0.4, -0.2) is 0 Å². The van der Waals surface area contributed by atoms with Gasteiger partial charge in [-0.15, -0.1) is 0 Å². The van der Waals surface area contributed by atoms with Crippen LogP contribution in [0.2, 0.25) is 0 Å². The van der Waals surface area contributed by atoms with Crippen molar-refractivity contribution in [3.8, 4) is 44.9 Å². The Labute approximate surface area is 451 Å². The largest absolute Gasteiger partial charge is 0.457 e. The van der Waals surface area contributed by atoms with E-state index in [1.54, 1.807) is 0 Å². The lowest BCUT2D eigenvalue weighted by Crippen LogP contribution is -2.32. The second-order valence-electron chi connectivity index (χ2n) is 20.9. The molecule has 0 fully saturated rings. The van der Waals surface area contributed by atoms with E-state index in [1.165, 1.54) is 109 Å². The maximum Gasteiger partial charge on any atom is 0.132 e. The highest BCUT2D eigenvalue weighted by atomic mass is 32.2. The molecule has 0 saturated heterocycles. The van der Waals surface area contributed by atoms with Crippen molar-refractivity contribution in [2.45, 2.75) is 20.6 Å². The molecule has 0 saturated carbocycles. The first kappa shape index (κ1) is 42.9. The molecule has 0 N–H and O–H groups in total. The summed E-state index contributed by atoms with van der Waals surface area (Å²) in [6, 6.07) is 102. The van der Waals surface area contributed by atoms with E-state index in [9.17, 15) is 0 Å². The van der Waals surface area contributed by atoms with Crippen molar-refractivity contribution < 1.29 is 4.74 Å². The second-order valence-corrected chi connectivity index (χ2v) is 22.0. The van der Waals surface area contributed by atoms with Crippen LogP contribution in [0.1, 0.15) is 44.5 Å². The number of fused-ring (bicyclic) bond motifs is 24. The molecule has 0 bridgehead atoms. The molecule has 13 aromatic carbocycles. The van der Waals surface area contributed by atoms with Gasteiger partial charge in [-0.3, -0.25) is 0 Å². The number of benzene rings is 13. The Balaban J connectivity index is 0.939. The summed E-state index contributed by atoms with van der Waals surface area (Å²) < 4.78 is 6.80. The predicted octanol–water partition coefficient (Wildman–Crippen LogP) is 19.6. The third-order valence-electron chi connectivity index (χ3n) is 17.4. The Morgan fingerprint density at radius 3 is 1.21 bits per heavy atom. The quantitative estimate of drug-likeness (QED) is 0.163. The number of para-hydroxylation sites is 2. The molecule has 2 heterocycles. The van der Waals surface area contributed by atoms with Crippen LogP contribution in [0.4, 0.5) is 17.1 Å². The molecular formula is C74H45NOS. The maximum absolute atomic E-state index is 6.80. The number of nitrogens with zero attached hydrogens (tertiary/aromatic N) is 1. The number of ether oxygens (including phenoxy) is 1. The van der Waals surface area contributed by atoms with Gasteiger partial charge < -0.3 is 9.64 Å². The van der Waals surface area contributed by atoms with Gasteiger partial charge in [0.15, 0.2) is 0 Å². The lowest BCUT2D eigenvalue weighted by Gasteiger charge is -2.40. The van der Waals surface area contributed by atoms with Crippen LogP contribution in [0.15, 0.2) is 283 Å². The Hall–Kier alpha value is -9.41. The van der Waals surface area contributed by atoms with Gasteiger partial charge in [0.1, 0.15) is 11.5 Å². The van der Waals surface area contributed by atoms with Crippen LogP contribution >= 0.6 is 11.8 Å². The number of hydrogen-bond acceptors (Lipinski definition) is 3. The molecular weight excluding hydrogens is 951 g/mol. The summed E-state index contributed by atoms with van der Waals surface area (Å²) in [5.74, 6) is 1.77. The van der Waals surface area contributed by atoms with Crippen molar-refractivity contribution in [3.05, 3.63) is 317 Å². The van der Waals surface area contributed by atoms with Crippen molar-refractivity contribution in [3.63, 3.8) is 0 Å². The summed E-state index contributed by atoms with van der Waals surface area (Å²) >= 11 is 1.89. The monoisotopic (exact) mass is 995 g/mol. The van der Waals surface area contributed by atoms with Gasteiger partial charge in [-0.25, -0.2) is 0 Å². The molecule has 0 aromatic heterocycles. The molecule has 17 rings (SSSR count). The molecule has 2 aliphatic carbocycles. The van der Waals surface area contributed by atoms with Crippen LogP contribution in [-0.2, 0) is 10.8 Å². The van der Waals surface area contributed by atoms with E-state index in [0.717, 1.165) is 39.7 Å². The molecule has 3 heteroatoms. The minimum atomic E-state index is -0.628. The van der Waals surface area contributed by atoms with Gasteiger partial charge in [-0.05, 0) is 143 Å². The van der Waals surface area contributed by atoms with E-state index in [0.29, 0.717) is 0 Å². The summed E-state index contributed by atoms with van der Waals surface area (Å²) in [4.78, 5) is 5.17. The molecule has 0 atom stereocenters. The Morgan fingerprint density at radius 2 is 0.675 bits per heavy atom. The molecule has 13 aromatic rings. The average molecular weight is 996 g/mol. The van der Waals surface area contributed by atoms with E-state index in [2.05, 4.69) is 278 Å². The lowest BCUT2D eigenvalue weighted by atomic mass is 9.66. The van der Waals surface area contributed by atoms with Gasteiger partial charge in [0.2, 0.25) is 0 Å². The van der Waals surface area contributed by atoms with Crippen molar-refractivity contribution >= 4 is 61.1 Å². The van der Waals surface area contributed by atoms with Gasteiger partial charge in [-0.1, -0.05) is 230 Å². The third-order valence-corrected chi connectivity index (χ3v) is 18.5. The summed E-state index contributed by atoms with van der Waals surface area (Å²) in [5, 5.41) is 7.66. The van der Waals surface area contributed by atoms with E-state index < -0.39 is 10.8 Å². The van der Waals surface area contributed by atoms with Gasteiger partial charge in [0.05, 0.1) is 22.2 Å². The molecule has 0 unspecified atom stereocenters. The zero-order valence-corrected chi connectivity index (χ0v) is 42.6. The van der Waals surface area contributed by atoms with Crippen LogP contribution in [0, 0.1) is 0 Å². The van der Waals surface area contributed by atoms with Crippen molar-refractivity contribution in [1.82, 2.24) is 0 Å². The molecule has 2 aliphatic heterocycles. The normalized spacial score (nSPS) is 14.2. The minimum Gasteiger partial charge on any atom is -0.457 e. The Kier molecular flexibility index (Phi) is 8.94. The van der Waals surface area contributed by atoms with E-state index >= 15 is 0 Å². The first-order chi connectivity index (χ1) is 38.2. The summed E-state index contributed by atoms with van der Waals surface area (Å²) in [7, 11) is 0. The standard InChI is InChI=1S/C74H45NOS/c1-2-21-51-49(19-1)50-20-3-4-22-52(50)56-45-47(41-44-53(51)56)46-39-42-48(43-40-46)75(65-33-17-31-63-71(65)54-23-5-7-25-57(54)73(63)59-27-9-13-35-67(59)76-68-36-14-10-28-60(68)73)66-34-18-32-64-72(66)55-24-6-8-26-58(55)74(64)61-29-11-15-37-69(61)77-70-38-16-12-30-62(70)74/h1-45H. The molecule has 2 spiro atoms. The summed E-state index contributed by atoms with van der Waals surface area (Å²) in [5.41, 5.74) is 19.5. The summed E-state index contributed by atoms with van der Waals surface area (Å²) in [6.07, 6.45) is 0. The fourth-order valence-electron chi connectivity index (χ4n) is 14.4. The van der Waals surface area contributed by atoms with Crippen molar-refractivity contribution in [1.29, 1.82) is 0 Å². The molecule has 0 amide bonds. The third kappa shape index (κ3) is 5.66. The summed E-state index contributed by atoms with van der Waals surface area (Å²) in [6.45, 7) is 0. The topological polar surface area (TPSA) is 12.5 Å². The zero-order chi connectivity index (χ0) is 50.4. The Morgan fingerprint density at radius 1 is 0.286 bits per heavy atom. The van der Waals surface area contributed by atoms with Gasteiger partial charge in [0, 0.05) is 37.7 Å². The van der Waals surface area contributed by atoms with Crippen LogP contribution in [0.5, 0.6) is 11.5 Å². The predicted molar refractivity (Wildman–Crippen MR) is 318 cm³/mol. The highest BCUT2D eigenvalue weighted by Crippen LogP contribution is 2.67. The van der Waals surface area contributed by atoms with Crippen LogP contribution < -0.4 is 9.64 Å². The highest BCUT2D eigenvalue weighted by Gasteiger charge is 2.54. The average Bonchev–Trinajstić information content (AvgIpc) is 3.79. The van der Waals surface area contributed by atoms with E-state index in [4.69, 9.17) is 4.74 Å². The van der Waals surface area contributed by atoms with Gasteiger partial charge in [-0.2, -0.15) is 0 Å².